The lowest BCUT2D eigenvalue weighted by molar-refractivity contribution is 0.369. The van der Waals surface area contributed by atoms with Crippen molar-refractivity contribution in [3.63, 3.8) is 0 Å². The summed E-state index contributed by atoms with van der Waals surface area (Å²) in [5, 5.41) is 6.43. The number of nitrogens with zero attached hydrogens (tertiary/aromatic N) is 2. The van der Waals surface area contributed by atoms with Crippen LogP contribution in [0, 0.1) is 0 Å². The fraction of sp³-hybridized carbons (Fsp3) is 0.182. The molecule has 2 aromatic carbocycles. The molecule has 2 aromatic heterocycles. The van der Waals surface area contributed by atoms with Crippen molar-refractivity contribution in [2.24, 2.45) is 0 Å². The van der Waals surface area contributed by atoms with E-state index in [2.05, 4.69) is 5.32 Å². The van der Waals surface area contributed by atoms with Crippen LogP contribution in [0.3, 0.4) is 0 Å². The summed E-state index contributed by atoms with van der Waals surface area (Å²) in [6.45, 7) is 0.473. The first-order chi connectivity index (χ1) is 14.2. The normalized spacial score (nSPS) is 10.7. The van der Waals surface area contributed by atoms with Crippen molar-refractivity contribution in [3.8, 4) is 28.0 Å². The number of hydrogen-bond donors (Lipinski definition) is 1. The summed E-state index contributed by atoms with van der Waals surface area (Å²) in [6, 6.07) is 15.7. The van der Waals surface area contributed by atoms with E-state index in [0.29, 0.717) is 29.6 Å². The van der Waals surface area contributed by atoms with Crippen LogP contribution in [0.25, 0.3) is 21.6 Å². The van der Waals surface area contributed by atoms with Gasteiger partial charge in [-0.05, 0) is 23.6 Å². The number of aromatic nitrogens is 2. The number of para-hydroxylation sites is 1. The molecule has 4 rings (SSSR count). The molecule has 0 bridgehead atoms. The minimum Gasteiger partial charge on any atom is -0.496 e. The van der Waals surface area contributed by atoms with Crippen molar-refractivity contribution < 1.29 is 14.2 Å². The molecule has 4 aromatic rings. The van der Waals surface area contributed by atoms with Crippen molar-refractivity contribution in [3.05, 3.63) is 59.5 Å². The zero-order chi connectivity index (χ0) is 20.2. The zero-order valence-corrected chi connectivity index (χ0v) is 17.2. The van der Waals surface area contributed by atoms with E-state index in [-0.39, 0.29) is 0 Å². The van der Waals surface area contributed by atoms with Crippen LogP contribution in [-0.2, 0) is 6.54 Å². The maximum atomic E-state index is 5.56. The zero-order valence-electron chi connectivity index (χ0n) is 16.4. The number of hydrogen-bond acceptors (Lipinski definition) is 7. The monoisotopic (exact) mass is 407 g/mol. The lowest BCUT2D eigenvalue weighted by Gasteiger charge is -2.16. The predicted octanol–water partition coefficient (Wildman–Crippen LogP) is 5.00. The van der Waals surface area contributed by atoms with Gasteiger partial charge in [-0.1, -0.05) is 18.2 Å². The first kappa shape index (κ1) is 19.0. The SMILES string of the molecule is COc1cc(OC)c(CNc2nc(-c3cccs3)nc3ccccc23)c(OC)c1. The Kier molecular flexibility index (Phi) is 5.48. The van der Waals surface area contributed by atoms with Gasteiger partial charge in [0.2, 0.25) is 0 Å². The van der Waals surface area contributed by atoms with Gasteiger partial charge in [-0.15, -0.1) is 11.3 Å². The Morgan fingerprint density at radius 3 is 2.31 bits per heavy atom. The number of fused-ring (bicyclic) bond motifs is 1. The highest BCUT2D eigenvalue weighted by atomic mass is 32.1. The Labute approximate surface area is 173 Å². The Hall–Kier alpha value is -3.32. The number of benzene rings is 2. The Morgan fingerprint density at radius 2 is 1.66 bits per heavy atom. The molecule has 0 aliphatic rings. The van der Waals surface area contributed by atoms with E-state index >= 15 is 0 Å². The second-order valence-electron chi connectivity index (χ2n) is 6.25. The fourth-order valence-corrected chi connectivity index (χ4v) is 3.81. The van der Waals surface area contributed by atoms with E-state index < -0.39 is 0 Å². The summed E-state index contributed by atoms with van der Waals surface area (Å²) in [6.07, 6.45) is 0. The van der Waals surface area contributed by atoms with Gasteiger partial charge in [0.15, 0.2) is 5.82 Å². The molecular weight excluding hydrogens is 386 g/mol. The third-order valence-electron chi connectivity index (χ3n) is 4.59. The second kappa shape index (κ2) is 8.36. The number of anilines is 1. The number of thiophene rings is 1. The summed E-state index contributed by atoms with van der Waals surface area (Å²) in [7, 11) is 4.88. The summed E-state index contributed by atoms with van der Waals surface area (Å²) in [5.74, 6) is 3.51. The molecule has 0 aliphatic carbocycles. The van der Waals surface area contributed by atoms with Gasteiger partial charge in [0.1, 0.15) is 23.1 Å². The number of methoxy groups -OCH3 is 3. The number of rotatable bonds is 7. The molecule has 0 amide bonds. The van der Waals surface area contributed by atoms with Crippen LogP contribution in [0.1, 0.15) is 5.56 Å². The molecular formula is C22H21N3O3S. The molecule has 29 heavy (non-hydrogen) atoms. The Morgan fingerprint density at radius 1 is 0.897 bits per heavy atom. The van der Waals surface area contributed by atoms with Crippen molar-refractivity contribution >= 4 is 28.1 Å². The van der Waals surface area contributed by atoms with Crippen LogP contribution < -0.4 is 19.5 Å². The van der Waals surface area contributed by atoms with E-state index in [0.717, 1.165) is 27.2 Å². The van der Waals surface area contributed by atoms with Crippen molar-refractivity contribution in [1.82, 2.24) is 9.97 Å². The lowest BCUT2D eigenvalue weighted by atomic mass is 10.1. The smallest absolute Gasteiger partial charge is 0.172 e. The Balaban J connectivity index is 1.74. The predicted molar refractivity (Wildman–Crippen MR) is 116 cm³/mol. The molecule has 148 valence electrons. The van der Waals surface area contributed by atoms with E-state index in [4.69, 9.17) is 24.2 Å². The molecule has 0 atom stereocenters. The van der Waals surface area contributed by atoms with Crippen LogP contribution >= 0.6 is 11.3 Å². The third kappa shape index (κ3) is 3.82. The first-order valence-electron chi connectivity index (χ1n) is 9.07. The van der Waals surface area contributed by atoms with Gasteiger partial charge in [0.25, 0.3) is 0 Å². The van der Waals surface area contributed by atoms with Gasteiger partial charge in [0.05, 0.1) is 37.3 Å². The van der Waals surface area contributed by atoms with Gasteiger partial charge >= 0.3 is 0 Å². The minimum absolute atomic E-state index is 0.473. The number of ether oxygens (including phenoxy) is 3. The fourth-order valence-electron chi connectivity index (χ4n) is 3.15. The first-order valence-corrected chi connectivity index (χ1v) is 9.95. The van der Waals surface area contributed by atoms with Crippen LogP contribution in [0.2, 0.25) is 0 Å². The summed E-state index contributed by atoms with van der Waals surface area (Å²) >= 11 is 1.62. The molecule has 0 unspecified atom stereocenters. The molecule has 2 heterocycles. The van der Waals surface area contributed by atoms with Crippen LogP contribution in [0.15, 0.2) is 53.9 Å². The largest absolute Gasteiger partial charge is 0.496 e. The molecule has 7 heteroatoms. The topological polar surface area (TPSA) is 65.5 Å². The van der Waals surface area contributed by atoms with Gasteiger partial charge < -0.3 is 19.5 Å². The Bertz CT molecular complexity index is 1100. The third-order valence-corrected chi connectivity index (χ3v) is 5.46. The molecule has 0 saturated carbocycles. The summed E-state index contributed by atoms with van der Waals surface area (Å²) in [5.41, 5.74) is 1.78. The van der Waals surface area contributed by atoms with Crippen LogP contribution in [0.4, 0.5) is 5.82 Å². The van der Waals surface area contributed by atoms with E-state index in [1.165, 1.54) is 0 Å². The maximum Gasteiger partial charge on any atom is 0.172 e. The standard InChI is InChI=1S/C22H21N3O3S/c1-26-14-11-18(27-2)16(19(12-14)28-3)13-23-21-15-7-4-5-8-17(15)24-22(25-21)20-9-6-10-29-20/h4-12H,13H2,1-3H3,(H,23,24,25). The van der Waals surface area contributed by atoms with Gasteiger partial charge in [0, 0.05) is 24.1 Å². The van der Waals surface area contributed by atoms with E-state index in [9.17, 15) is 0 Å². The summed E-state index contributed by atoms with van der Waals surface area (Å²) < 4.78 is 16.4. The highest BCUT2D eigenvalue weighted by Gasteiger charge is 2.15. The van der Waals surface area contributed by atoms with Crippen molar-refractivity contribution in [2.75, 3.05) is 26.6 Å². The quantitative estimate of drug-likeness (QED) is 0.465. The molecule has 0 spiro atoms. The molecule has 0 fully saturated rings. The highest BCUT2D eigenvalue weighted by Crippen LogP contribution is 2.35. The summed E-state index contributed by atoms with van der Waals surface area (Å²) in [4.78, 5) is 10.5. The van der Waals surface area contributed by atoms with Gasteiger partial charge in [-0.2, -0.15) is 0 Å². The van der Waals surface area contributed by atoms with Gasteiger partial charge in [-0.3, -0.25) is 0 Å². The van der Waals surface area contributed by atoms with E-state index in [1.807, 2.05) is 53.9 Å². The average molecular weight is 407 g/mol. The molecule has 6 nitrogen and oxygen atoms in total. The van der Waals surface area contributed by atoms with Crippen LogP contribution in [0.5, 0.6) is 17.2 Å². The highest BCUT2D eigenvalue weighted by molar-refractivity contribution is 7.13. The number of nitrogens with one attached hydrogen (secondary N) is 1. The average Bonchev–Trinajstić information content (AvgIpc) is 3.31. The van der Waals surface area contributed by atoms with E-state index in [1.54, 1.807) is 32.7 Å². The molecule has 0 aliphatic heterocycles. The lowest BCUT2D eigenvalue weighted by Crippen LogP contribution is -2.07. The minimum atomic E-state index is 0.473. The second-order valence-corrected chi connectivity index (χ2v) is 7.20. The molecule has 1 N–H and O–H groups in total. The molecule has 0 radical (unpaired) electrons. The van der Waals surface area contributed by atoms with Crippen molar-refractivity contribution in [2.45, 2.75) is 6.54 Å². The molecule has 0 saturated heterocycles. The van der Waals surface area contributed by atoms with Gasteiger partial charge in [-0.25, -0.2) is 9.97 Å². The van der Waals surface area contributed by atoms with Crippen LogP contribution in [-0.4, -0.2) is 31.3 Å². The van der Waals surface area contributed by atoms with Crippen molar-refractivity contribution in [1.29, 1.82) is 0 Å². The maximum absolute atomic E-state index is 5.56.